The fourth-order valence-corrected chi connectivity index (χ4v) is 4.47. The molecule has 0 aliphatic heterocycles. The predicted octanol–water partition coefficient (Wildman–Crippen LogP) is 3.03. The van der Waals surface area contributed by atoms with Crippen molar-refractivity contribution < 1.29 is 0 Å². The van der Waals surface area contributed by atoms with Crippen LogP contribution < -0.4 is 10.6 Å². The van der Waals surface area contributed by atoms with Gasteiger partial charge in [0.05, 0.1) is 13.1 Å². The first kappa shape index (κ1) is 19.7. The summed E-state index contributed by atoms with van der Waals surface area (Å²) in [6, 6.07) is 10.8. The van der Waals surface area contributed by atoms with E-state index in [0.717, 1.165) is 22.9 Å². The third kappa shape index (κ3) is 5.73. The van der Waals surface area contributed by atoms with E-state index in [9.17, 15) is 0 Å². The Balaban J connectivity index is 1.63. The van der Waals surface area contributed by atoms with E-state index in [1.165, 1.54) is 30.6 Å². The van der Waals surface area contributed by atoms with E-state index in [1.807, 2.05) is 24.6 Å². The van der Waals surface area contributed by atoms with E-state index >= 15 is 0 Å². The Morgan fingerprint density at radius 1 is 1.26 bits per heavy atom. The highest BCUT2D eigenvalue weighted by Crippen LogP contribution is 2.29. The second-order valence-corrected chi connectivity index (χ2v) is 8.54. The number of hydrogen-bond donors (Lipinski definition) is 2. The highest BCUT2D eigenvalue weighted by atomic mass is 32.2. The number of hydrogen-bond acceptors (Lipinski definition) is 4. The minimum absolute atomic E-state index is 0.484. The number of aliphatic imine (C=N–C) groups is 1. The summed E-state index contributed by atoms with van der Waals surface area (Å²) in [5.41, 5.74) is 1.21. The molecule has 1 aliphatic rings. The van der Waals surface area contributed by atoms with E-state index in [-0.39, 0.29) is 0 Å². The third-order valence-corrected chi connectivity index (χ3v) is 6.22. The fraction of sp³-hybridized carbons (Fsp3) is 0.550. The molecule has 0 saturated heterocycles. The number of benzene rings is 1. The number of rotatable bonds is 7. The minimum atomic E-state index is 0.484. The van der Waals surface area contributed by atoms with Gasteiger partial charge in [0.1, 0.15) is 5.82 Å². The zero-order valence-corrected chi connectivity index (χ0v) is 17.3. The molecule has 146 valence electrons. The van der Waals surface area contributed by atoms with E-state index in [4.69, 9.17) is 4.99 Å². The topological polar surface area (TPSA) is 67.1 Å². The van der Waals surface area contributed by atoms with Crippen molar-refractivity contribution in [3.05, 3.63) is 47.5 Å². The normalized spacial score (nSPS) is 20.0. The van der Waals surface area contributed by atoms with Crippen molar-refractivity contribution in [1.82, 2.24) is 25.4 Å². The molecule has 2 aromatic rings. The highest BCUT2D eigenvalue weighted by molar-refractivity contribution is 7.99. The van der Waals surface area contributed by atoms with Crippen LogP contribution in [0.25, 0.3) is 0 Å². The summed E-state index contributed by atoms with van der Waals surface area (Å²) in [5, 5.41) is 16.2. The van der Waals surface area contributed by atoms with Crippen molar-refractivity contribution in [3.63, 3.8) is 0 Å². The summed E-state index contributed by atoms with van der Waals surface area (Å²) in [6.07, 6.45) is 3.69. The van der Waals surface area contributed by atoms with Gasteiger partial charge in [-0.05, 0) is 37.5 Å². The summed E-state index contributed by atoms with van der Waals surface area (Å²) < 4.78 is 2.01. The van der Waals surface area contributed by atoms with Gasteiger partial charge >= 0.3 is 0 Å². The molecular weight excluding hydrogens is 356 g/mol. The van der Waals surface area contributed by atoms with Gasteiger partial charge in [0.25, 0.3) is 0 Å². The van der Waals surface area contributed by atoms with Gasteiger partial charge in [-0.1, -0.05) is 37.3 Å². The first-order valence-electron chi connectivity index (χ1n) is 9.71. The molecule has 2 N–H and O–H groups in total. The third-order valence-electron chi connectivity index (χ3n) is 4.99. The predicted molar refractivity (Wildman–Crippen MR) is 113 cm³/mol. The summed E-state index contributed by atoms with van der Waals surface area (Å²) in [7, 11) is 1.99. The van der Waals surface area contributed by atoms with Gasteiger partial charge < -0.3 is 15.2 Å². The molecule has 2 unspecified atom stereocenters. The Hall–Kier alpha value is -2.02. The van der Waals surface area contributed by atoms with Gasteiger partial charge in [-0.3, -0.25) is 0 Å². The van der Waals surface area contributed by atoms with Gasteiger partial charge in [0, 0.05) is 18.3 Å². The van der Waals surface area contributed by atoms with Crippen LogP contribution in [0.3, 0.4) is 0 Å². The lowest BCUT2D eigenvalue weighted by molar-refractivity contribution is 0.607. The first-order valence-corrected chi connectivity index (χ1v) is 10.8. The molecule has 1 fully saturated rings. The number of nitrogens with zero attached hydrogens (tertiary/aromatic N) is 4. The Morgan fingerprint density at radius 2 is 2.07 bits per heavy atom. The molecule has 1 aliphatic carbocycles. The van der Waals surface area contributed by atoms with Crippen LogP contribution >= 0.6 is 11.8 Å². The van der Waals surface area contributed by atoms with Gasteiger partial charge in [0.15, 0.2) is 11.8 Å². The van der Waals surface area contributed by atoms with Crippen molar-refractivity contribution in [3.8, 4) is 0 Å². The SMILES string of the molecule is CCSC1CCC(NC(=NCc2ccccc2)NCc2nnc(C)n2C)C1. The molecule has 7 heteroatoms. The molecule has 0 spiro atoms. The van der Waals surface area contributed by atoms with Crippen molar-refractivity contribution in [2.75, 3.05) is 5.75 Å². The second-order valence-electron chi connectivity index (χ2n) is 6.96. The zero-order chi connectivity index (χ0) is 19.1. The van der Waals surface area contributed by atoms with E-state index < -0.39 is 0 Å². The van der Waals surface area contributed by atoms with Crippen molar-refractivity contribution >= 4 is 17.7 Å². The summed E-state index contributed by atoms with van der Waals surface area (Å²) in [6.45, 7) is 5.47. The van der Waals surface area contributed by atoms with E-state index in [2.05, 4.69) is 63.8 Å². The lowest BCUT2D eigenvalue weighted by atomic mass is 10.2. The largest absolute Gasteiger partial charge is 0.354 e. The van der Waals surface area contributed by atoms with Crippen molar-refractivity contribution in [2.45, 2.75) is 57.5 Å². The van der Waals surface area contributed by atoms with Crippen LogP contribution in [0, 0.1) is 6.92 Å². The van der Waals surface area contributed by atoms with Crippen LogP contribution in [0.15, 0.2) is 35.3 Å². The van der Waals surface area contributed by atoms with E-state index in [1.54, 1.807) is 0 Å². The Labute approximate surface area is 166 Å². The lowest BCUT2D eigenvalue weighted by Crippen LogP contribution is -2.42. The number of aromatic nitrogens is 3. The van der Waals surface area contributed by atoms with Crippen LogP contribution in [0.2, 0.25) is 0 Å². The molecule has 0 radical (unpaired) electrons. The van der Waals surface area contributed by atoms with Gasteiger partial charge in [-0.2, -0.15) is 11.8 Å². The Kier molecular flexibility index (Phi) is 7.15. The van der Waals surface area contributed by atoms with Crippen molar-refractivity contribution in [2.24, 2.45) is 12.0 Å². The molecule has 1 aromatic carbocycles. The molecule has 1 saturated carbocycles. The molecule has 3 rings (SSSR count). The number of aryl methyl sites for hydroxylation is 1. The van der Waals surface area contributed by atoms with Crippen LogP contribution in [0.1, 0.15) is 43.4 Å². The monoisotopic (exact) mass is 386 g/mol. The maximum atomic E-state index is 4.81. The molecule has 0 bridgehead atoms. The maximum absolute atomic E-state index is 4.81. The number of guanidine groups is 1. The summed E-state index contributed by atoms with van der Waals surface area (Å²) in [5.74, 6) is 3.87. The Bertz CT molecular complexity index is 742. The average molecular weight is 387 g/mol. The average Bonchev–Trinajstić information content (AvgIpc) is 3.26. The molecule has 0 amide bonds. The molecule has 1 aromatic heterocycles. The molecule has 2 atom stereocenters. The fourth-order valence-electron chi connectivity index (χ4n) is 3.33. The lowest BCUT2D eigenvalue weighted by Gasteiger charge is -2.18. The van der Waals surface area contributed by atoms with E-state index in [0.29, 0.717) is 19.1 Å². The van der Waals surface area contributed by atoms with Crippen LogP contribution in [-0.4, -0.2) is 37.8 Å². The smallest absolute Gasteiger partial charge is 0.192 e. The highest BCUT2D eigenvalue weighted by Gasteiger charge is 2.25. The van der Waals surface area contributed by atoms with Crippen LogP contribution in [-0.2, 0) is 20.1 Å². The van der Waals surface area contributed by atoms with Gasteiger partial charge in [-0.15, -0.1) is 10.2 Å². The van der Waals surface area contributed by atoms with Crippen LogP contribution in [0.5, 0.6) is 0 Å². The second kappa shape index (κ2) is 9.78. The number of nitrogens with one attached hydrogen (secondary N) is 2. The molecular formula is C20H30N6S. The molecule has 27 heavy (non-hydrogen) atoms. The molecule has 6 nitrogen and oxygen atoms in total. The maximum Gasteiger partial charge on any atom is 0.192 e. The Morgan fingerprint density at radius 3 is 2.78 bits per heavy atom. The van der Waals surface area contributed by atoms with Crippen LogP contribution in [0.4, 0.5) is 0 Å². The van der Waals surface area contributed by atoms with Gasteiger partial charge in [-0.25, -0.2) is 4.99 Å². The standard InChI is InChI=1S/C20H30N6S/c1-4-27-18-11-10-17(12-18)23-20(21-13-16-8-6-5-7-9-16)22-14-19-25-24-15(2)26(19)3/h5-9,17-18H,4,10-14H2,1-3H3,(H2,21,22,23). The summed E-state index contributed by atoms with van der Waals surface area (Å²) in [4.78, 5) is 4.81. The summed E-state index contributed by atoms with van der Waals surface area (Å²) >= 11 is 2.07. The number of thioether (sulfide) groups is 1. The minimum Gasteiger partial charge on any atom is -0.354 e. The first-order chi connectivity index (χ1) is 13.2. The van der Waals surface area contributed by atoms with Crippen molar-refractivity contribution in [1.29, 1.82) is 0 Å². The zero-order valence-electron chi connectivity index (χ0n) is 16.5. The molecule has 1 heterocycles. The quantitative estimate of drug-likeness (QED) is 0.566. The van der Waals surface area contributed by atoms with Gasteiger partial charge in [0.2, 0.25) is 0 Å².